The van der Waals surface area contributed by atoms with Crippen molar-refractivity contribution in [1.82, 2.24) is 4.90 Å². The summed E-state index contributed by atoms with van der Waals surface area (Å²) >= 11 is 0. The van der Waals surface area contributed by atoms with Gasteiger partial charge in [0.15, 0.2) is 0 Å². The first-order valence-electron chi connectivity index (χ1n) is 10.0. The summed E-state index contributed by atoms with van der Waals surface area (Å²) in [7, 11) is 5.24. The lowest BCUT2D eigenvalue weighted by Gasteiger charge is -2.26. The first kappa shape index (κ1) is 23.0. The van der Waals surface area contributed by atoms with E-state index in [-0.39, 0.29) is 37.1 Å². The quantitative estimate of drug-likeness (QED) is 0.547. The molecule has 8 heteroatoms. The van der Waals surface area contributed by atoms with Gasteiger partial charge in [0.2, 0.25) is 5.91 Å². The molecule has 0 aliphatic carbocycles. The van der Waals surface area contributed by atoms with Crippen LogP contribution in [-0.4, -0.2) is 44.5 Å². The average molecular weight is 439 g/mol. The molecule has 2 aromatic carbocycles. The monoisotopic (exact) mass is 439 g/mol. The molecule has 32 heavy (non-hydrogen) atoms. The molecule has 3 rings (SSSR count). The summed E-state index contributed by atoms with van der Waals surface area (Å²) in [5.41, 5.74) is 2.52. The summed E-state index contributed by atoms with van der Waals surface area (Å²) in [5, 5.41) is 2.78. The lowest BCUT2D eigenvalue weighted by atomic mass is 10.1. The highest BCUT2D eigenvalue weighted by Gasteiger charge is 2.20. The molecule has 168 valence electrons. The molecule has 0 radical (unpaired) electrons. The molecule has 3 aromatic rings. The molecule has 1 aromatic heterocycles. The number of carbonyl (C=O) groups excluding carboxylic acids is 2. The topological polar surface area (TPSA) is 75.0 Å². The van der Waals surface area contributed by atoms with Crippen molar-refractivity contribution < 1.29 is 23.1 Å². The predicted molar refractivity (Wildman–Crippen MR) is 120 cm³/mol. The molecular formula is C24H26FN3O4. The number of ether oxygens (including phenoxy) is 1. The summed E-state index contributed by atoms with van der Waals surface area (Å²) in [6.45, 7) is 0.362. The summed E-state index contributed by atoms with van der Waals surface area (Å²) in [5.74, 6) is -0.491. The van der Waals surface area contributed by atoms with Crippen LogP contribution in [0.1, 0.15) is 21.7 Å². The Morgan fingerprint density at radius 2 is 1.88 bits per heavy atom. The Hall–Kier alpha value is -3.65. The van der Waals surface area contributed by atoms with E-state index in [0.29, 0.717) is 11.4 Å². The SMILES string of the molecule is COCC(=O)Nc1ccc(N(C)C)c(CN(Cc2ccco2)C(=O)c2cccc(F)c2)c1. The fourth-order valence-electron chi connectivity index (χ4n) is 3.35. The van der Waals surface area contributed by atoms with Gasteiger partial charge in [-0.25, -0.2) is 4.39 Å². The Balaban J connectivity index is 1.94. The predicted octanol–water partition coefficient (Wildman–Crippen LogP) is 3.91. The highest BCUT2D eigenvalue weighted by molar-refractivity contribution is 5.94. The second kappa shape index (κ2) is 10.6. The Labute approximate surface area is 186 Å². The van der Waals surface area contributed by atoms with Crippen molar-refractivity contribution >= 4 is 23.2 Å². The summed E-state index contributed by atoms with van der Waals surface area (Å²) < 4.78 is 24.1. The van der Waals surface area contributed by atoms with Crippen molar-refractivity contribution in [1.29, 1.82) is 0 Å². The van der Waals surface area contributed by atoms with Gasteiger partial charge >= 0.3 is 0 Å². The van der Waals surface area contributed by atoms with Crippen LogP contribution in [0.25, 0.3) is 0 Å². The number of nitrogens with zero attached hydrogens (tertiary/aromatic N) is 2. The largest absolute Gasteiger partial charge is 0.467 e. The van der Waals surface area contributed by atoms with Crippen LogP contribution in [0.2, 0.25) is 0 Å². The van der Waals surface area contributed by atoms with E-state index in [4.69, 9.17) is 9.15 Å². The second-order valence-electron chi connectivity index (χ2n) is 7.47. The van der Waals surface area contributed by atoms with E-state index in [9.17, 15) is 14.0 Å². The highest BCUT2D eigenvalue weighted by Crippen LogP contribution is 2.26. The molecule has 0 aliphatic heterocycles. The fourth-order valence-corrected chi connectivity index (χ4v) is 3.35. The van der Waals surface area contributed by atoms with Crippen LogP contribution in [0.15, 0.2) is 65.3 Å². The van der Waals surface area contributed by atoms with E-state index in [0.717, 1.165) is 11.3 Å². The van der Waals surface area contributed by atoms with Crippen molar-refractivity contribution in [3.8, 4) is 0 Å². The minimum atomic E-state index is -0.481. The lowest BCUT2D eigenvalue weighted by molar-refractivity contribution is -0.119. The highest BCUT2D eigenvalue weighted by atomic mass is 19.1. The van der Waals surface area contributed by atoms with Gasteiger partial charge in [-0.1, -0.05) is 6.07 Å². The van der Waals surface area contributed by atoms with Gasteiger partial charge in [-0.05, 0) is 54.1 Å². The van der Waals surface area contributed by atoms with Crippen molar-refractivity contribution in [3.63, 3.8) is 0 Å². The molecule has 0 aliphatic rings. The van der Waals surface area contributed by atoms with E-state index in [2.05, 4.69) is 5.32 Å². The number of amides is 2. The number of furan rings is 1. The molecular weight excluding hydrogens is 413 g/mol. The zero-order valence-corrected chi connectivity index (χ0v) is 18.3. The number of carbonyl (C=O) groups is 2. The van der Waals surface area contributed by atoms with Gasteiger partial charge in [-0.3, -0.25) is 9.59 Å². The van der Waals surface area contributed by atoms with Crippen LogP contribution in [0.5, 0.6) is 0 Å². The minimum absolute atomic E-state index is 0.0621. The molecule has 7 nitrogen and oxygen atoms in total. The second-order valence-corrected chi connectivity index (χ2v) is 7.47. The van der Waals surface area contributed by atoms with E-state index < -0.39 is 5.82 Å². The first-order valence-corrected chi connectivity index (χ1v) is 10.0. The van der Waals surface area contributed by atoms with Crippen LogP contribution >= 0.6 is 0 Å². The maximum Gasteiger partial charge on any atom is 0.254 e. The molecule has 1 heterocycles. The van der Waals surface area contributed by atoms with Gasteiger partial charge in [-0.15, -0.1) is 0 Å². The zero-order valence-electron chi connectivity index (χ0n) is 18.3. The standard InChI is InChI=1S/C24H26FN3O4/c1-27(2)22-10-9-20(26-23(29)16-31-3)13-18(22)14-28(15-21-8-5-11-32-21)24(30)17-6-4-7-19(25)12-17/h4-13H,14-16H2,1-3H3,(H,26,29). The third-order valence-electron chi connectivity index (χ3n) is 4.77. The Morgan fingerprint density at radius 1 is 1.06 bits per heavy atom. The lowest BCUT2D eigenvalue weighted by Crippen LogP contribution is -2.31. The van der Waals surface area contributed by atoms with Crippen LogP contribution in [0.4, 0.5) is 15.8 Å². The molecule has 0 fully saturated rings. The van der Waals surface area contributed by atoms with Gasteiger partial charge in [0, 0.05) is 44.7 Å². The molecule has 0 unspecified atom stereocenters. The summed E-state index contributed by atoms with van der Waals surface area (Å²) in [4.78, 5) is 28.7. The smallest absolute Gasteiger partial charge is 0.254 e. The van der Waals surface area contributed by atoms with Gasteiger partial charge in [-0.2, -0.15) is 0 Å². The number of benzene rings is 2. The fraction of sp³-hybridized carbons (Fsp3) is 0.250. The van der Waals surface area contributed by atoms with Gasteiger partial charge in [0.1, 0.15) is 18.2 Å². The molecule has 0 saturated carbocycles. The van der Waals surface area contributed by atoms with Gasteiger partial charge in [0.25, 0.3) is 5.91 Å². The summed E-state index contributed by atoms with van der Waals surface area (Å²) in [6.07, 6.45) is 1.54. The van der Waals surface area contributed by atoms with E-state index in [1.165, 1.54) is 31.6 Å². The number of anilines is 2. The Morgan fingerprint density at radius 3 is 2.53 bits per heavy atom. The number of halogens is 1. The molecule has 0 atom stereocenters. The third-order valence-corrected chi connectivity index (χ3v) is 4.77. The van der Waals surface area contributed by atoms with Crippen molar-refractivity contribution in [2.45, 2.75) is 13.1 Å². The van der Waals surface area contributed by atoms with Crippen molar-refractivity contribution in [3.05, 3.63) is 83.6 Å². The molecule has 0 bridgehead atoms. The van der Waals surface area contributed by atoms with Crippen molar-refractivity contribution in [2.75, 3.05) is 38.0 Å². The van der Waals surface area contributed by atoms with Crippen LogP contribution in [-0.2, 0) is 22.6 Å². The van der Waals surface area contributed by atoms with E-state index >= 15 is 0 Å². The number of hydrogen-bond acceptors (Lipinski definition) is 5. The third kappa shape index (κ3) is 5.95. The maximum absolute atomic E-state index is 13.8. The van der Waals surface area contributed by atoms with Gasteiger partial charge in [0.05, 0.1) is 12.8 Å². The molecule has 1 N–H and O–H groups in total. The Bertz CT molecular complexity index is 1070. The summed E-state index contributed by atoms with van der Waals surface area (Å²) in [6, 6.07) is 14.6. The van der Waals surface area contributed by atoms with E-state index in [1.807, 2.05) is 31.1 Å². The number of nitrogens with one attached hydrogen (secondary N) is 1. The van der Waals surface area contributed by atoms with Crippen LogP contribution < -0.4 is 10.2 Å². The van der Waals surface area contributed by atoms with Crippen LogP contribution in [0.3, 0.4) is 0 Å². The van der Waals surface area contributed by atoms with Crippen LogP contribution in [0, 0.1) is 5.82 Å². The molecule has 0 spiro atoms. The molecule has 0 saturated heterocycles. The maximum atomic E-state index is 13.8. The number of hydrogen-bond donors (Lipinski definition) is 1. The molecule has 2 amide bonds. The van der Waals surface area contributed by atoms with Crippen molar-refractivity contribution in [2.24, 2.45) is 0 Å². The van der Waals surface area contributed by atoms with Gasteiger partial charge < -0.3 is 24.3 Å². The normalized spacial score (nSPS) is 10.6. The first-order chi connectivity index (χ1) is 15.4. The number of methoxy groups -OCH3 is 1. The average Bonchev–Trinajstić information content (AvgIpc) is 3.26. The Kier molecular flexibility index (Phi) is 7.62. The van der Waals surface area contributed by atoms with E-state index in [1.54, 1.807) is 29.2 Å². The minimum Gasteiger partial charge on any atom is -0.467 e. The number of rotatable bonds is 9. The zero-order chi connectivity index (χ0) is 23.1.